The van der Waals surface area contributed by atoms with Gasteiger partial charge < -0.3 is 16.0 Å². The normalized spacial score (nSPS) is 22.0. The maximum Gasteiger partial charge on any atom is 0.313 e. The summed E-state index contributed by atoms with van der Waals surface area (Å²) in [5.41, 5.74) is 6.96. The quantitative estimate of drug-likeness (QED) is 0.778. The highest BCUT2D eigenvalue weighted by Gasteiger charge is 2.43. The predicted molar refractivity (Wildman–Crippen MR) is 106 cm³/mol. The van der Waals surface area contributed by atoms with Crippen LogP contribution in [0.25, 0.3) is 0 Å². The van der Waals surface area contributed by atoms with Crippen molar-refractivity contribution in [3.8, 4) is 0 Å². The molecule has 0 aliphatic carbocycles. The Kier molecular flexibility index (Phi) is 5.36. The lowest BCUT2D eigenvalue weighted by Crippen LogP contribution is -2.55. The van der Waals surface area contributed by atoms with Crippen LogP contribution >= 0.6 is 0 Å². The van der Waals surface area contributed by atoms with Gasteiger partial charge in [0.15, 0.2) is 0 Å². The van der Waals surface area contributed by atoms with E-state index in [0.29, 0.717) is 30.0 Å². The van der Waals surface area contributed by atoms with E-state index >= 15 is 0 Å². The van der Waals surface area contributed by atoms with E-state index in [0.717, 1.165) is 12.0 Å². The summed E-state index contributed by atoms with van der Waals surface area (Å²) in [6.45, 7) is 6.21. The van der Waals surface area contributed by atoms with E-state index < -0.39 is 17.4 Å². The molecule has 1 saturated heterocycles. The van der Waals surface area contributed by atoms with E-state index in [-0.39, 0.29) is 11.7 Å². The molecule has 6 nitrogen and oxygen atoms in total. The number of aromatic nitrogens is 1. The Hall–Kier alpha value is -2.96. The van der Waals surface area contributed by atoms with Gasteiger partial charge in [-0.1, -0.05) is 19.1 Å². The summed E-state index contributed by atoms with van der Waals surface area (Å²) in [4.78, 5) is 31.3. The minimum absolute atomic E-state index is 0.269. The van der Waals surface area contributed by atoms with E-state index in [1.807, 2.05) is 6.92 Å². The molecule has 1 aromatic carbocycles. The highest BCUT2D eigenvalue weighted by molar-refractivity contribution is 6.39. The van der Waals surface area contributed by atoms with Crippen molar-refractivity contribution in [2.24, 2.45) is 5.92 Å². The van der Waals surface area contributed by atoms with Crippen LogP contribution in [0.2, 0.25) is 0 Å². The SMILES string of the molecule is Cc1cc(NC(=O)C(=O)N2C[C@@H](C)CC[C@@]2(C)c2ccc(F)cc2)cnc1N. The number of hydrogen-bond acceptors (Lipinski definition) is 4. The lowest BCUT2D eigenvalue weighted by atomic mass is 9.79. The summed E-state index contributed by atoms with van der Waals surface area (Å²) in [7, 11) is 0. The zero-order valence-corrected chi connectivity index (χ0v) is 16.3. The van der Waals surface area contributed by atoms with Gasteiger partial charge in [-0.3, -0.25) is 9.59 Å². The Bertz CT molecular complexity index is 900. The topological polar surface area (TPSA) is 88.3 Å². The summed E-state index contributed by atoms with van der Waals surface area (Å²) >= 11 is 0. The van der Waals surface area contributed by atoms with Gasteiger partial charge in [-0.15, -0.1) is 0 Å². The number of likely N-dealkylation sites (tertiary alicyclic amines) is 1. The van der Waals surface area contributed by atoms with Crippen molar-refractivity contribution in [2.75, 3.05) is 17.6 Å². The van der Waals surface area contributed by atoms with Crippen LogP contribution in [0, 0.1) is 18.7 Å². The monoisotopic (exact) mass is 384 g/mol. The lowest BCUT2D eigenvalue weighted by Gasteiger charge is -2.47. The van der Waals surface area contributed by atoms with Crippen molar-refractivity contribution in [1.82, 2.24) is 9.88 Å². The number of amides is 2. The third-order valence-electron chi connectivity index (χ3n) is 5.50. The molecule has 0 spiro atoms. The van der Waals surface area contributed by atoms with Gasteiger partial charge in [-0.25, -0.2) is 9.37 Å². The van der Waals surface area contributed by atoms with Crippen molar-refractivity contribution < 1.29 is 14.0 Å². The number of halogens is 1. The first kappa shape index (κ1) is 19.8. The molecule has 1 aliphatic heterocycles. The van der Waals surface area contributed by atoms with Crippen LogP contribution in [0.15, 0.2) is 36.5 Å². The van der Waals surface area contributed by atoms with E-state index in [9.17, 15) is 14.0 Å². The fourth-order valence-electron chi connectivity index (χ4n) is 3.64. The molecule has 1 aromatic heterocycles. The van der Waals surface area contributed by atoms with Crippen LogP contribution < -0.4 is 11.1 Å². The largest absolute Gasteiger partial charge is 0.383 e. The van der Waals surface area contributed by atoms with Crippen LogP contribution in [0.4, 0.5) is 15.9 Å². The summed E-state index contributed by atoms with van der Waals surface area (Å²) < 4.78 is 13.4. The molecule has 3 rings (SSSR count). The van der Waals surface area contributed by atoms with Crippen LogP contribution in [0.3, 0.4) is 0 Å². The van der Waals surface area contributed by atoms with Crippen LogP contribution in [-0.2, 0) is 15.1 Å². The van der Waals surface area contributed by atoms with Gasteiger partial charge >= 0.3 is 11.8 Å². The van der Waals surface area contributed by atoms with E-state index in [1.165, 1.54) is 18.3 Å². The molecule has 0 bridgehead atoms. The van der Waals surface area contributed by atoms with Crippen molar-refractivity contribution in [3.63, 3.8) is 0 Å². The molecule has 2 amide bonds. The number of nitrogen functional groups attached to an aromatic ring is 1. The Labute approximate surface area is 163 Å². The van der Waals surface area contributed by atoms with Crippen LogP contribution in [0.5, 0.6) is 0 Å². The average Bonchev–Trinajstić information content (AvgIpc) is 2.66. The Morgan fingerprint density at radius 2 is 2.00 bits per heavy atom. The molecule has 2 atom stereocenters. The number of rotatable bonds is 2. The number of hydrogen-bond donors (Lipinski definition) is 2. The third kappa shape index (κ3) is 3.83. The Morgan fingerprint density at radius 1 is 1.32 bits per heavy atom. The molecular weight excluding hydrogens is 359 g/mol. The van der Waals surface area contributed by atoms with Gasteiger partial charge in [0.2, 0.25) is 0 Å². The first-order chi connectivity index (χ1) is 13.2. The van der Waals surface area contributed by atoms with Gasteiger partial charge in [0, 0.05) is 6.54 Å². The fourth-order valence-corrected chi connectivity index (χ4v) is 3.64. The second-order valence-corrected chi connectivity index (χ2v) is 7.72. The van der Waals surface area contributed by atoms with Gasteiger partial charge in [0.05, 0.1) is 17.4 Å². The number of benzene rings is 1. The first-order valence-corrected chi connectivity index (χ1v) is 9.32. The number of anilines is 2. The fraction of sp³-hybridized carbons (Fsp3) is 0.381. The summed E-state index contributed by atoms with van der Waals surface area (Å²) in [5, 5.41) is 2.61. The number of nitrogens with one attached hydrogen (secondary N) is 1. The summed E-state index contributed by atoms with van der Waals surface area (Å²) in [5.74, 6) is -1.04. The molecule has 1 aliphatic rings. The minimum Gasteiger partial charge on any atom is -0.383 e. The van der Waals surface area contributed by atoms with Crippen LogP contribution in [-0.4, -0.2) is 28.2 Å². The smallest absolute Gasteiger partial charge is 0.313 e. The Balaban J connectivity index is 1.86. The van der Waals surface area contributed by atoms with Crippen molar-refractivity contribution in [2.45, 2.75) is 39.2 Å². The minimum atomic E-state index is -0.728. The molecule has 28 heavy (non-hydrogen) atoms. The third-order valence-corrected chi connectivity index (χ3v) is 5.50. The van der Waals surface area contributed by atoms with E-state index in [2.05, 4.69) is 17.2 Å². The number of carbonyl (C=O) groups is 2. The molecule has 0 saturated carbocycles. The van der Waals surface area contributed by atoms with E-state index in [1.54, 1.807) is 30.0 Å². The molecule has 2 heterocycles. The van der Waals surface area contributed by atoms with Crippen molar-refractivity contribution in [1.29, 1.82) is 0 Å². The van der Waals surface area contributed by atoms with Crippen molar-refractivity contribution >= 4 is 23.3 Å². The zero-order chi connectivity index (χ0) is 20.5. The van der Waals surface area contributed by atoms with Crippen LogP contribution in [0.1, 0.15) is 37.8 Å². The Morgan fingerprint density at radius 3 is 2.64 bits per heavy atom. The molecule has 148 valence electrons. The number of pyridine rings is 1. The van der Waals surface area contributed by atoms with Gasteiger partial charge in [-0.05, 0) is 61.9 Å². The van der Waals surface area contributed by atoms with Gasteiger partial charge in [0.25, 0.3) is 0 Å². The second kappa shape index (κ2) is 7.58. The second-order valence-electron chi connectivity index (χ2n) is 7.72. The van der Waals surface area contributed by atoms with E-state index in [4.69, 9.17) is 5.73 Å². The molecule has 0 unspecified atom stereocenters. The zero-order valence-electron chi connectivity index (χ0n) is 16.3. The standard InChI is InChI=1S/C21H25FN4O2/c1-13-8-9-21(3,15-4-6-16(22)7-5-15)26(12-13)20(28)19(27)25-17-10-14(2)18(23)24-11-17/h4-7,10-11,13H,8-9,12H2,1-3H3,(H2,23,24)(H,25,27)/t13-,21-/m0/s1. The number of carbonyl (C=O) groups excluding carboxylic acids is 2. The predicted octanol–water partition coefficient (Wildman–Crippen LogP) is 3.22. The summed E-state index contributed by atoms with van der Waals surface area (Å²) in [6, 6.07) is 7.79. The number of aryl methyl sites for hydroxylation is 1. The molecule has 2 aromatic rings. The molecule has 3 N–H and O–H groups in total. The number of piperidine rings is 1. The number of nitrogens with two attached hydrogens (primary N) is 1. The maximum absolute atomic E-state index is 13.4. The maximum atomic E-state index is 13.4. The average molecular weight is 384 g/mol. The molecular formula is C21H25FN4O2. The highest BCUT2D eigenvalue weighted by atomic mass is 19.1. The lowest BCUT2D eigenvalue weighted by molar-refractivity contribution is -0.150. The number of nitrogens with zero attached hydrogens (tertiary/aromatic N) is 2. The molecule has 0 radical (unpaired) electrons. The van der Waals surface area contributed by atoms with Gasteiger partial charge in [-0.2, -0.15) is 0 Å². The first-order valence-electron chi connectivity index (χ1n) is 9.32. The summed E-state index contributed by atoms with van der Waals surface area (Å²) in [6.07, 6.45) is 3.03. The van der Waals surface area contributed by atoms with Crippen molar-refractivity contribution in [3.05, 3.63) is 53.5 Å². The van der Waals surface area contributed by atoms with Gasteiger partial charge in [0.1, 0.15) is 11.6 Å². The highest BCUT2D eigenvalue weighted by Crippen LogP contribution is 2.39. The molecule has 1 fully saturated rings. The molecule has 7 heteroatoms.